The number of aliphatic hydroxyl groups is 1. The van der Waals surface area contributed by atoms with E-state index in [4.69, 9.17) is 11.6 Å². The van der Waals surface area contributed by atoms with Crippen molar-refractivity contribution in [1.29, 1.82) is 0 Å². The molecule has 0 heterocycles. The van der Waals surface area contributed by atoms with Crippen LogP contribution >= 0.6 is 11.6 Å². The Kier molecular flexibility index (Phi) is 5.80. The molecule has 1 unspecified atom stereocenters. The van der Waals surface area contributed by atoms with Crippen LogP contribution in [-0.2, 0) is 6.42 Å². The van der Waals surface area contributed by atoms with Crippen molar-refractivity contribution in [3.05, 3.63) is 70.2 Å². The number of benzene rings is 2. The third-order valence-corrected chi connectivity index (χ3v) is 3.95. The maximum atomic E-state index is 10.2. The Morgan fingerprint density at radius 1 is 1.10 bits per heavy atom. The lowest BCUT2D eigenvalue weighted by Gasteiger charge is -2.18. The Hall–Kier alpha value is -1.35. The first-order valence-electron chi connectivity index (χ1n) is 7.27. The van der Waals surface area contributed by atoms with Gasteiger partial charge in [0.25, 0.3) is 0 Å². The predicted molar refractivity (Wildman–Crippen MR) is 88.8 cm³/mol. The van der Waals surface area contributed by atoms with Gasteiger partial charge in [0, 0.05) is 17.6 Å². The predicted octanol–water partition coefficient (Wildman–Crippen LogP) is 3.90. The summed E-state index contributed by atoms with van der Waals surface area (Å²) in [6.07, 6.45) is 0.446. The lowest BCUT2D eigenvalue weighted by molar-refractivity contribution is 0.170. The second-order valence-electron chi connectivity index (χ2n) is 5.51. The van der Waals surface area contributed by atoms with E-state index in [-0.39, 0.29) is 0 Å². The van der Waals surface area contributed by atoms with E-state index in [2.05, 4.69) is 43.4 Å². The maximum absolute atomic E-state index is 10.2. The summed E-state index contributed by atoms with van der Waals surface area (Å²) >= 11 is 5.85. The Morgan fingerprint density at radius 3 is 2.43 bits per heavy atom. The Labute approximate surface area is 131 Å². The van der Waals surface area contributed by atoms with Gasteiger partial charge in [-0.15, -0.1) is 0 Å². The van der Waals surface area contributed by atoms with Gasteiger partial charge < -0.3 is 10.4 Å². The molecule has 0 aliphatic rings. The maximum Gasteiger partial charge on any atom is 0.0914 e. The van der Waals surface area contributed by atoms with Gasteiger partial charge in [-0.3, -0.25) is 0 Å². The van der Waals surface area contributed by atoms with Crippen molar-refractivity contribution in [2.24, 2.45) is 0 Å². The van der Waals surface area contributed by atoms with Crippen LogP contribution in [0.4, 0.5) is 0 Å². The summed E-state index contributed by atoms with van der Waals surface area (Å²) in [5, 5.41) is 14.3. The molecule has 0 aromatic heterocycles. The molecule has 2 atom stereocenters. The van der Waals surface area contributed by atoms with Gasteiger partial charge in [0.1, 0.15) is 0 Å². The van der Waals surface area contributed by atoms with Gasteiger partial charge in [-0.2, -0.15) is 0 Å². The molecule has 0 fully saturated rings. The molecule has 112 valence electrons. The molecule has 2 N–H and O–H groups in total. The van der Waals surface area contributed by atoms with Crippen LogP contribution in [0.15, 0.2) is 48.5 Å². The number of hydrogen-bond donors (Lipinski definition) is 2. The fourth-order valence-electron chi connectivity index (χ4n) is 2.36. The molecular weight excluding hydrogens is 282 g/mol. The molecule has 2 aromatic carbocycles. The summed E-state index contributed by atoms with van der Waals surface area (Å²) < 4.78 is 0. The van der Waals surface area contributed by atoms with Crippen LogP contribution in [0, 0.1) is 6.92 Å². The number of rotatable bonds is 6. The van der Waals surface area contributed by atoms with E-state index in [0.29, 0.717) is 17.6 Å². The molecule has 2 rings (SSSR count). The minimum absolute atomic E-state index is 0.313. The first kappa shape index (κ1) is 16.0. The van der Waals surface area contributed by atoms with Crippen LogP contribution < -0.4 is 5.32 Å². The summed E-state index contributed by atoms with van der Waals surface area (Å²) in [7, 11) is 0. The molecule has 0 spiro atoms. The fourth-order valence-corrected chi connectivity index (χ4v) is 2.48. The van der Waals surface area contributed by atoms with Crippen molar-refractivity contribution < 1.29 is 5.11 Å². The highest BCUT2D eigenvalue weighted by Crippen LogP contribution is 2.16. The summed E-state index contributed by atoms with van der Waals surface area (Å²) in [5.74, 6) is 0. The first-order chi connectivity index (χ1) is 10.1. The molecule has 0 radical (unpaired) electrons. The SMILES string of the molecule is Cc1ccccc1CC(C)NC[C@H](O)c1ccc(Cl)cc1. The summed E-state index contributed by atoms with van der Waals surface area (Å²) in [6, 6.07) is 16.1. The summed E-state index contributed by atoms with van der Waals surface area (Å²) in [5.41, 5.74) is 3.54. The summed E-state index contributed by atoms with van der Waals surface area (Å²) in [6.45, 7) is 4.81. The first-order valence-corrected chi connectivity index (χ1v) is 7.65. The average Bonchev–Trinajstić information content (AvgIpc) is 2.48. The fraction of sp³-hybridized carbons (Fsp3) is 0.333. The van der Waals surface area contributed by atoms with Crippen LogP contribution in [0.25, 0.3) is 0 Å². The molecule has 0 saturated carbocycles. The van der Waals surface area contributed by atoms with Gasteiger partial charge in [-0.1, -0.05) is 48.0 Å². The second-order valence-corrected chi connectivity index (χ2v) is 5.94. The van der Waals surface area contributed by atoms with Crippen molar-refractivity contribution in [1.82, 2.24) is 5.32 Å². The topological polar surface area (TPSA) is 32.3 Å². The minimum atomic E-state index is -0.512. The molecule has 2 nitrogen and oxygen atoms in total. The largest absolute Gasteiger partial charge is 0.387 e. The third kappa shape index (κ3) is 4.85. The van der Waals surface area contributed by atoms with Gasteiger partial charge >= 0.3 is 0 Å². The van der Waals surface area contributed by atoms with E-state index in [1.54, 1.807) is 12.1 Å². The van der Waals surface area contributed by atoms with Crippen LogP contribution in [0.2, 0.25) is 5.02 Å². The molecule has 0 saturated heterocycles. The van der Waals surface area contributed by atoms with Gasteiger partial charge in [0.15, 0.2) is 0 Å². The van der Waals surface area contributed by atoms with Crippen molar-refractivity contribution >= 4 is 11.6 Å². The zero-order valence-corrected chi connectivity index (χ0v) is 13.3. The van der Waals surface area contributed by atoms with Gasteiger partial charge in [0.2, 0.25) is 0 Å². The van der Waals surface area contributed by atoms with Crippen LogP contribution in [0.3, 0.4) is 0 Å². The summed E-state index contributed by atoms with van der Waals surface area (Å²) in [4.78, 5) is 0. The quantitative estimate of drug-likeness (QED) is 0.848. The van der Waals surface area contributed by atoms with Crippen molar-refractivity contribution in [3.8, 4) is 0 Å². The average molecular weight is 304 g/mol. The highest BCUT2D eigenvalue weighted by molar-refractivity contribution is 6.30. The van der Waals surface area contributed by atoms with E-state index in [9.17, 15) is 5.11 Å². The standard InChI is InChI=1S/C18H22ClNO/c1-13-5-3-4-6-16(13)11-14(2)20-12-18(21)15-7-9-17(19)10-8-15/h3-10,14,18,20-21H,11-12H2,1-2H3/t14?,18-/m0/s1. The normalized spacial score (nSPS) is 13.9. The van der Waals surface area contributed by atoms with E-state index in [1.807, 2.05) is 12.1 Å². The molecular formula is C18H22ClNO. The molecule has 21 heavy (non-hydrogen) atoms. The van der Waals surface area contributed by atoms with Crippen LogP contribution in [0.1, 0.15) is 29.7 Å². The van der Waals surface area contributed by atoms with Gasteiger partial charge in [-0.25, -0.2) is 0 Å². The number of aliphatic hydroxyl groups excluding tert-OH is 1. The van der Waals surface area contributed by atoms with E-state index in [1.165, 1.54) is 11.1 Å². The lowest BCUT2D eigenvalue weighted by atomic mass is 10.0. The second kappa shape index (κ2) is 7.60. The van der Waals surface area contributed by atoms with Gasteiger partial charge in [0.05, 0.1) is 6.10 Å². The van der Waals surface area contributed by atoms with Crippen molar-refractivity contribution in [2.75, 3.05) is 6.54 Å². The number of hydrogen-bond acceptors (Lipinski definition) is 2. The van der Waals surface area contributed by atoms with Crippen molar-refractivity contribution in [2.45, 2.75) is 32.4 Å². The molecule has 2 aromatic rings. The lowest BCUT2D eigenvalue weighted by Crippen LogP contribution is -2.32. The van der Waals surface area contributed by atoms with Gasteiger partial charge in [-0.05, 0) is 49.1 Å². The minimum Gasteiger partial charge on any atom is -0.387 e. The molecule has 0 bridgehead atoms. The molecule has 0 amide bonds. The number of halogens is 1. The Bertz CT molecular complexity index is 568. The van der Waals surface area contributed by atoms with E-state index < -0.39 is 6.10 Å². The molecule has 0 aliphatic heterocycles. The zero-order valence-electron chi connectivity index (χ0n) is 12.5. The zero-order chi connectivity index (χ0) is 15.2. The van der Waals surface area contributed by atoms with Crippen LogP contribution in [-0.4, -0.2) is 17.7 Å². The van der Waals surface area contributed by atoms with E-state index in [0.717, 1.165) is 12.0 Å². The number of aryl methyl sites for hydroxylation is 1. The molecule has 3 heteroatoms. The monoisotopic (exact) mass is 303 g/mol. The Morgan fingerprint density at radius 2 is 1.76 bits per heavy atom. The number of nitrogens with one attached hydrogen (secondary N) is 1. The molecule has 0 aliphatic carbocycles. The Balaban J connectivity index is 1.85. The smallest absolute Gasteiger partial charge is 0.0914 e. The van der Waals surface area contributed by atoms with Crippen LogP contribution in [0.5, 0.6) is 0 Å². The van der Waals surface area contributed by atoms with Crippen molar-refractivity contribution in [3.63, 3.8) is 0 Å². The van der Waals surface area contributed by atoms with E-state index >= 15 is 0 Å². The highest BCUT2D eigenvalue weighted by atomic mass is 35.5. The highest BCUT2D eigenvalue weighted by Gasteiger charge is 2.10. The third-order valence-electron chi connectivity index (χ3n) is 3.70.